The van der Waals surface area contributed by atoms with E-state index >= 15 is 0 Å². The summed E-state index contributed by atoms with van der Waals surface area (Å²) in [5, 5.41) is 5.93. The second-order valence-corrected chi connectivity index (χ2v) is 8.16. The molecule has 1 amide bonds. The quantitative estimate of drug-likeness (QED) is 0.871. The normalized spacial score (nSPS) is 18.9. The first-order valence-corrected chi connectivity index (χ1v) is 9.74. The van der Waals surface area contributed by atoms with Gasteiger partial charge in [-0.1, -0.05) is 48.5 Å². The minimum Gasteiger partial charge on any atom is -0.376 e. The molecule has 0 aromatic heterocycles. The third-order valence-electron chi connectivity index (χ3n) is 4.05. The van der Waals surface area contributed by atoms with Gasteiger partial charge in [0.05, 0.1) is 18.1 Å². The molecule has 1 aliphatic heterocycles. The van der Waals surface area contributed by atoms with E-state index in [1.54, 1.807) is 0 Å². The third kappa shape index (κ3) is 4.14. The highest BCUT2D eigenvalue weighted by Gasteiger charge is 2.28. The molecule has 0 aliphatic carbocycles. The highest BCUT2D eigenvalue weighted by Crippen LogP contribution is 2.27. The van der Waals surface area contributed by atoms with Crippen LogP contribution < -0.4 is 10.6 Å². The van der Waals surface area contributed by atoms with Gasteiger partial charge < -0.3 is 10.6 Å². The van der Waals surface area contributed by atoms with Crippen molar-refractivity contribution in [1.82, 2.24) is 5.32 Å². The molecular formula is C18H20N2O3S. The fourth-order valence-electron chi connectivity index (χ4n) is 2.87. The molecule has 2 aromatic carbocycles. The van der Waals surface area contributed by atoms with Gasteiger partial charge >= 0.3 is 0 Å². The van der Waals surface area contributed by atoms with E-state index < -0.39 is 9.84 Å². The van der Waals surface area contributed by atoms with Gasteiger partial charge in [-0.05, 0) is 18.1 Å². The van der Waals surface area contributed by atoms with Crippen LogP contribution in [0, 0.1) is 0 Å². The number of carbonyl (C=O) groups is 1. The monoisotopic (exact) mass is 344 g/mol. The largest absolute Gasteiger partial charge is 0.376 e. The molecular weight excluding hydrogens is 324 g/mol. The first-order chi connectivity index (χ1) is 11.5. The molecule has 1 saturated heterocycles. The number of nitrogens with one attached hydrogen (secondary N) is 2. The van der Waals surface area contributed by atoms with Gasteiger partial charge in [0, 0.05) is 17.3 Å². The van der Waals surface area contributed by atoms with Crippen LogP contribution in [0.4, 0.5) is 5.69 Å². The van der Waals surface area contributed by atoms with Crippen LogP contribution in [0.1, 0.15) is 6.42 Å². The van der Waals surface area contributed by atoms with Gasteiger partial charge in [-0.2, -0.15) is 0 Å². The van der Waals surface area contributed by atoms with E-state index in [1.165, 1.54) is 0 Å². The minimum atomic E-state index is -2.99. The van der Waals surface area contributed by atoms with Crippen LogP contribution in [0.25, 0.3) is 11.1 Å². The Hall–Kier alpha value is -2.34. The summed E-state index contributed by atoms with van der Waals surface area (Å²) in [4.78, 5) is 12.1. The summed E-state index contributed by atoms with van der Waals surface area (Å²) < 4.78 is 22.9. The standard InChI is InChI=1S/C18H20N2O3S/c21-18(20-15-10-11-24(22,23)13-15)12-19-17-9-5-4-8-16(17)14-6-2-1-3-7-14/h1-9,15,19H,10-13H2,(H,20,21)/t15-/m1/s1. The zero-order valence-corrected chi connectivity index (χ0v) is 14.1. The SMILES string of the molecule is O=C(CNc1ccccc1-c1ccccc1)N[C@@H]1CCS(=O)(=O)C1. The topological polar surface area (TPSA) is 75.3 Å². The number of carbonyl (C=O) groups excluding carboxylic acids is 1. The zero-order chi connectivity index (χ0) is 17.0. The van der Waals surface area contributed by atoms with Crippen molar-refractivity contribution in [2.75, 3.05) is 23.4 Å². The van der Waals surface area contributed by atoms with Crippen molar-refractivity contribution in [2.24, 2.45) is 0 Å². The number of benzene rings is 2. The van der Waals surface area contributed by atoms with E-state index in [1.807, 2.05) is 54.6 Å². The maximum Gasteiger partial charge on any atom is 0.239 e. The Kier molecular flexibility index (Phi) is 4.85. The predicted molar refractivity (Wildman–Crippen MR) is 95.6 cm³/mol. The highest BCUT2D eigenvalue weighted by molar-refractivity contribution is 7.91. The number of rotatable bonds is 5. The smallest absolute Gasteiger partial charge is 0.239 e. The van der Waals surface area contributed by atoms with Crippen molar-refractivity contribution >= 4 is 21.4 Å². The summed E-state index contributed by atoms with van der Waals surface area (Å²) in [6.45, 7) is 0.112. The molecule has 1 atom stereocenters. The Bertz CT molecular complexity index is 819. The maximum absolute atomic E-state index is 12.1. The zero-order valence-electron chi connectivity index (χ0n) is 13.2. The van der Waals surface area contributed by atoms with Crippen LogP contribution >= 0.6 is 0 Å². The molecule has 0 unspecified atom stereocenters. The van der Waals surface area contributed by atoms with Gasteiger partial charge in [-0.3, -0.25) is 4.79 Å². The molecule has 126 valence electrons. The summed E-state index contributed by atoms with van der Waals surface area (Å²) in [7, 11) is -2.99. The van der Waals surface area contributed by atoms with Crippen molar-refractivity contribution in [3.8, 4) is 11.1 Å². The van der Waals surface area contributed by atoms with Gasteiger partial charge in [0.15, 0.2) is 9.84 Å². The molecule has 0 spiro atoms. The second-order valence-electron chi connectivity index (χ2n) is 5.93. The van der Waals surface area contributed by atoms with Crippen molar-refractivity contribution in [3.05, 3.63) is 54.6 Å². The molecule has 24 heavy (non-hydrogen) atoms. The summed E-state index contributed by atoms with van der Waals surface area (Å²) in [6.07, 6.45) is 0.495. The predicted octanol–water partition coefficient (Wildman–Crippen LogP) is 2.07. The Morgan fingerprint density at radius 2 is 1.75 bits per heavy atom. The molecule has 6 heteroatoms. The molecule has 1 aliphatic rings. The van der Waals surface area contributed by atoms with Crippen LogP contribution in [0.3, 0.4) is 0 Å². The molecule has 5 nitrogen and oxygen atoms in total. The fraction of sp³-hybridized carbons (Fsp3) is 0.278. The maximum atomic E-state index is 12.1. The number of amides is 1. The van der Waals surface area contributed by atoms with Crippen molar-refractivity contribution in [3.63, 3.8) is 0 Å². The first kappa shape index (κ1) is 16.5. The van der Waals surface area contributed by atoms with Gasteiger partial charge in [0.2, 0.25) is 5.91 Å². The number of sulfone groups is 1. The van der Waals surface area contributed by atoms with E-state index in [4.69, 9.17) is 0 Å². The van der Waals surface area contributed by atoms with Gasteiger partial charge in [-0.25, -0.2) is 8.42 Å². The van der Waals surface area contributed by atoms with Gasteiger partial charge in [-0.15, -0.1) is 0 Å². The van der Waals surface area contributed by atoms with Crippen LogP contribution in [0.5, 0.6) is 0 Å². The van der Waals surface area contributed by atoms with Crippen molar-refractivity contribution < 1.29 is 13.2 Å². The molecule has 0 bridgehead atoms. The average molecular weight is 344 g/mol. The molecule has 1 heterocycles. The van der Waals surface area contributed by atoms with E-state index in [9.17, 15) is 13.2 Å². The summed E-state index contributed by atoms with van der Waals surface area (Å²) in [5.74, 6) is 0.00151. The van der Waals surface area contributed by atoms with Crippen LogP contribution in [0.15, 0.2) is 54.6 Å². The Labute approximate surface area is 142 Å². The van der Waals surface area contributed by atoms with Crippen LogP contribution in [-0.4, -0.2) is 38.4 Å². The van der Waals surface area contributed by atoms with E-state index in [0.717, 1.165) is 16.8 Å². The van der Waals surface area contributed by atoms with E-state index in [0.29, 0.717) is 6.42 Å². The lowest BCUT2D eigenvalue weighted by Crippen LogP contribution is -2.39. The lowest BCUT2D eigenvalue weighted by molar-refractivity contribution is -0.119. The average Bonchev–Trinajstić information content (AvgIpc) is 2.92. The number of hydrogen-bond acceptors (Lipinski definition) is 4. The Balaban J connectivity index is 1.62. The van der Waals surface area contributed by atoms with Gasteiger partial charge in [0.25, 0.3) is 0 Å². The van der Waals surface area contributed by atoms with Crippen molar-refractivity contribution in [1.29, 1.82) is 0 Å². The molecule has 2 aromatic rings. The molecule has 1 fully saturated rings. The van der Waals surface area contributed by atoms with Crippen molar-refractivity contribution in [2.45, 2.75) is 12.5 Å². The van der Waals surface area contributed by atoms with Crippen LogP contribution in [-0.2, 0) is 14.6 Å². The fourth-order valence-corrected chi connectivity index (χ4v) is 4.54. The number of anilines is 1. The molecule has 3 rings (SSSR count). The number of hydrogen-bond donors (Lipinski definition) is 2. The van der Waals surface area contributed by atoms with Gasteiger partial charge in [0.1, 0.15) is 0 Å². The summed E-state index contributed by atoms with van der Waals surface area (Å²) in [5.41, 5.74) is 2.97. The minimum absolute atomic E-state index is 0.0410. The lowest BCUT2D eigenvalue weighted by atomic mass is 10.0. The third-order valence-corrected chi connectivity index (χ3v) is 5.82. The Morgan fingerprint density at radius 3 is 2.46 bits per heavy atom. The number of para-hydroxylation sites is 1. The molecule has 0 saturated carbocycles. The highest BCUT2D eigenvalue weighted by atomic mass is 32.2. The Morgan fingerprint density at radius 1 is 1.04 bits per heavy atom. The van der Waals surface area contributed by atoms with Crippen LogP contribution in [0.2, 0.25) is 0 Å². The summed E-state index contributed by atoms with van der Waals surface area (Å²) in [6, 6.07) is 17.5. The lowest BCUT2D eigenvalue weighted by Gasteiger charge is -2.14. The van der Waals surface area contributed by atoms with E-state index in [-0.39, 0.29) is 30.0 Å². The molecule has 0 radical (unpaired) electrons. The second kappa shape index (κ2) is 7.05. The summed E-state index contributed by atoms with van der Waals surface area (Å²) >= 11 is 0. The van der Waals surface area contributed by atoms with E-state index in [2.05, 4.69) is 10.6 Å². The first-order valence-electron chi connectivity index (χ1n) is 7.92. The molecule has 2 N–H and O–H groups in total.